The maximum atomic E-state index is 13.9. The van der Waals surface area contributed by atoms with E-state index in [1.165, 1.54) is 6.07 Å². The van der Waals surface area contributed by atoms with Crippen molar-refractivity contribution in [1.29, 1.82) is 0 Å². The minimum absolute atomic E-state index is 0.243. The Hall–Kier alpha value is -1.45. The van der Waals surface area contributed by atoms with Gasteiger partial charge in [-0.25, -0.2) is 4.39 Å². The molecule has 0 fully saturated rings. The first-order valence-electron chi connectivity index (χ1n) is 5.66. The molecule has 0 aliphatic rings. The van der Waals surface area contributed by atoms with Crippen LogP contribution >= 0.6 is 11.6 Å². The first kappa shape index (κ1) is 13.0. The van der Waals surface area contributed by atoms with Crippen molar-refractivity contribution < 1.29 is 4.39 Å². The van der Waals surface area contributed by atoms with Crippen LogP contribution in [0.4, 0.5) is 4.39 Å². The number of hydrogen-bond donors (Lipinski definition) is 1. The van der Waals surface area contributed by atoms with Crippen molar-refractivity contribution in [3.05, 3.63) is 64.2 Å². The molecule has 0 aliphatic heterocycles. The van der Waals surface area contributed by atoms with Crippen molar-refractivity contribution in [2.75, 3.05) is 7.05 Å². The molecule has 18 heavy (non-hydrogen) atoms. The van der Waals surface area contributed by atoms with E-state index in [2.05, 4.69) is 10.3 Å². The van der Waals surface area contributed by atoms with Crippen LogP contribution < -0.4 is 5.32 Å². The van der Waals surface area contributed by atoms with Crippen LogP contribution in [0.15, 0.2) is 36.7 Å². The summed E-state index contributed by atoms with van der Waals surface area (Å²) in [7, 11) is 1.78. The Morgan fingerprint density at radius 1 is 1.28 bits per heavy atom. The second-order valence-corrected chi connectivity index (χ2v) is 4.55. The molecule has 1 atom stereocenters. The molecule has 1 N–H and O–H groups in total. The van der Waals surface area contributed by atoms with Crippen LogP contribution in [-0.4, -0.2) is 12.0 Å². The van der Waals surface area contributed by atoms with E-state index in [4.69, 9.17) is 11.6 Å². The fourth-order valence-corrected chi connectivity index (χ4v) is 2.21. The molecular weight excluding hydrogens is 251 g/mol. The van der Waals surface area contributed by atoms with E-state index in [1.54, 1.807) is 31.6 Å². The van der Waals surface area contributed by atoms with E-state index in [9.17, 15) is 4.39 Å². The molecule has 94 valence electrons. The third kappa shape index (κ3) is 2.52. The van der Waals surface area contributed by atoms with Gasteiger partial charge < -0.3 is 5.32 Å². The van der Waals surface area contributed by atoms with Gasteiger partial charge in [-0.15, -0.1) is 0 Å². The van der Waals surface area contributed by atoms with Gasteiger partial charge in [0.1, 0.15) is 5.82 Å². The van der Waals surface area contributed by atoms with Gasteiger partial charge in [-0.3, -0.25) is 4.98 Å². The number of aromatic nitrogens is 1. The number of nitrogens with zero attached hydrogens (tertiary/aromatic N) is 1. The summed E-state index contributed by atoms with van der Waals surface area (Å²) in [5.41, 5.74) is 2.42. The van der Waals surface area contributed by atoms with Crippen molar-refractivity contribution >= 4 is 11.6 Å². The largest absolute Gasteiger partial charge is 0.309 e. The second kappa shape index (κ2) is 5.46. The number of nitrogens with one attached hydrogen (secondary N) is 1. The predicted octanol–water partition coefficient (Wildman–Crippen LogP) is 3.49. The van der Waals surface area contributed by atoms with Crippen molar-refractivity contribution in [2.45, 2.75) is 13.0 Å². The highest BCUT2D eigenvalue weighted by molar-refractivity contribution is 6.31. The van der Waals surface area contributed by atoms with E-state index in [0.29, 0.717) is 10.6 Å². The zero-order valence-corrected chi connectivity index (χ0v) is 11.0. The Morgan fingerprint density at radius 2 is 2.06 bits per heavy atom. The standard InChI is InChI=1S/C14H14ClFN2/c1-9-3-4-13(16)11(7-9)14(17-2)10-5-6-18-8-12(10)15/h3-8,14,17H,1-2H3. The Bertz CT molecular complexity index is 557. The summed E-state index contributed by atoms with van der Waals surface area (Å²) in [6.45, 7) is 1.93. The van der Waals surface area contributed by atoms with Gasteiger partial charge in [0.25, 0.3) is 0 Å². The van der Waals surface area contributed by atoms with Gasteiger partial charge in [0.15, 0.2) is 0 Å². The lowest BCUT2D eigenvalue weighted by Crippen LogP contribution is -2.19. The smallest absolute Gasteiger partial charge is 0.128 e. The van der Waals surface area contributed by atoms with Gasteiger partial charge in [-0.1, -0.05) is 29.3 Å². The zero-order valence-electron chi connectivity index (χ0n) is 10.2. The Balaban J connectivity index is 2.52. The third-order valence-electron chi connectivity index (χ3n) is 2.87. The summed E-state index contributed by atoms with van der Waals surface area (Å²) in [5.74, 6) is -0.243. The monoisotopic (exact) mass is 264 g/mol. The summed E-state index contributed by atoms with van der Waals surface area (Å²) in [4.78, 5) is 3.94. The molecule has 0 amide bonds. The number of pyridine rings is 1. The van der Waals surface area contributed by atoms with E-state index in [0.717, 1.165) is 11.1 Å². The first-order chi connectivity index (χ1) is 8.63. The minimum atomic E-state index is -0.277. The van der Waals surface area contributed by atoms with Crippen LogP contribution in [0.5, 0.6) is 0 Å². The molecule has 1 heterocycles. The predicted molar refractivity (Wildman–Crippen MR) is 71.3 cm³/mol. The summed E-state index contributed by atoms with van der Waals surface area (Å²) in [6.07, 6.45) is 3.22. The highest BCUT2D eigenvalue weighted by Crippen LogP contribution is 2.29. The maximum absolute atomic E-state index is 13.9. The van der Waals surface area contributed by atoms with Gasteiger partial charge in [-0.2, -0.15) is 0 Å². The topological polar surface area (TPSA) is 24.9 Å². The van der Waals surface area contributed by atoms with Crippen molar-refractivity contribution in [3.63, 3.8) is 0 Å². The zero-order chi connectivity index (χ0) is 13.1. The summed E-state index contributed by atoms with van der Waals surface area (Å²) in [6, 6.07) is 6.57. The lowest BCUT2D eigenvalue weighted by Gasteiger charge is -2.19. The van der Waals surface area contributed by atoms with Crippen molar-refractivity contribution in [2.24, 2.45) is 0 Å². The third-order valence-corrected chi connectivity index (χ3v) is 3.18. The van der Waals surface area contributed by atoms with Crippen LogP contribution in [0.2, 0.25) is 5.02 Å². The van der Waals surface area contributed by atoms with E-state index in [-0.39, 0.29) is 11.9 Å². The molecule has 0 bridgehead atoms. The number of benzene rings is 1. The highest BCUT2D eigenvalue weighted by Gasteiger charge is 2.18. The molecule has 2 rings (SSSR count). The molecule has 1 unspecified atom stereocenters. The van der Waals surface area contributed by atoms with Gasteiger partial charge in [0, 0.05) is 18.0 Å². The van der Waals surface area contributed by atoms with Crippen LogP contribution in [0.25, 0.3) is 0 Å². The first-order valence-corrected chi connectivity index (χ1v) is 6.04. The number of hydrogen-bond acceptors (Lipinski definition) is 2. The minimum Gasteiger partial charge on any atom is -0.309 e. The molecular formula is C14H14ClFN2. The average Bonchev–Trinajstić information content (AvgIpc) is 2.36. The maximum Gasteiger partial charge on any atom is 0.128 e. The van der Waals surface area contributed by atoms with Gasteiger partial charge in [-0.05, 0) is 31.7 Å². The second-order valence-electron chi connectivity index (χ2n) is 4.14. The molecule has 1 aromatic carbocycles. The molecule has 2 nitrogen and oxygen atoms in total. The van der Waals surface area contributed by atoms with E-state index < -0.39 is 0 Å². The lowest BCUT2D eigenvalue weighted by molar-refractivity contribution is 0.575. The molecule has 0 spiro atoms. The van der Waals surface area contributed by atoms with Crippen molar-refractivity contribution in [3.8, 4) is 0 Å². The van der Waals surface area contributed by atoms with Crippen LogP contribution in [0.1, 0.15) is 22.7 Å². The van der Waals surface area contributed by atoms with Crippen molar-refractivity contribution in [1.82, 2.24) is 10.3 Å². The summed E-state index contributed by atoms with van der Waals surface area (Å²) in [5, 5.41) is 3.62. The number of halogens is 2. The quantitative estimate of drug-likeness (QED) is 0.918. The van der Waals surface area contributed by atoms with E-state index in [1.807, 2.05) is 13.0 Å². The highest BCUT2D eigenvalue weighted by atomic mass is 35.5. The fraction of sp³-hybridized carbons (Fsp3) is 0.214. The van der Waals surface area contributed by atoms with Crippen LogP contribution in [-0.2, 0) is 0 Å². The molecule has 0 saturated carbocycles. The summed E-state index contributed by atoms with van der Waals surface area (Å²) >= 11 is 6.11. The number of aryl methyl sites for hydroxylation is 1. The molecule has 1 aromatic heterocycles. The SMILES string of the molecule is CNC(c1cc(C)ccc1F)c1ccncc1Cl. The Morgan fingerprint density at radius 3 is 2.72 bits per heavy atom. The molecule has 0 aliphatic carbocycles. The molecule has 0 radical (unpaired) electrons. The number of rotatable bonds is 3. The van der Waals surface area contributed by atoms with E-state index >= 15 is 0 Å². The van der Waals surface area contributed by atoms with Crippen LogP contribution in [0, 0.1) is 12.7 Å². The van der Waals surface area contributed by atoms with Gasteiger partial charge in [0.2, 0.25) is 0 Å². The molecule has 2 aromatic rings. The van der Waals surface area contributed by atoms with Gasteiger partial charge in [0.05, 0.1) is 11.1 Å². The lowest BCUT2D eigenvalue weighted by atomic mass is 9.97. The van der Waals surface area contributed by atoms with Crippen LogP contribution in [0.3, 0.4) is 0 Å². The van der Waals surface area contributed by atoms with Gasteiger partial charge >= 0.3 is 0 Å². The Labute approximate surface area is 111 Å². The fourth-order valence-electron chi connectivity index (χ4n) is 1.98. The average molecular weight is 265 g/mol. The summed E-state index contributed by atoms with van der Waals surface area (Å²) < 4.78 is 13.9. The Kier molecular flexibility index (Phi) is 3.94. The molecule has 4 heteroatoms. The molecule has 0 saturated heterocycles. The normalized spacial score (nSPS) is 12.4.